The number of H-pyrrole nitrogens is 1. The number of halogens is 2. The van der Waals surface area contributed by atoms with Crippen LogP contribution in [0, 0.1) is 0 Å². The lowest BCUT2D eigenvalue weighted by Crippen LogP contribution is -2.20. The number of aromatic amines is 1. The number of thiazole rings is 1. The Balaban J connectivity index is 2.00. The van der Waals surface area contributed by atoms with Crippen LogP contribution in [-0.2, 0) is 0 Å². The van der Waals surface area contributed by atoms with E-state index in [4.69, 9.17) is 23.2 Å². The molecule has 3 nitrogen and oxygen atoms in total. The maximum atomic E-state index is 12.3. The molecule has 0 saturated carbocycles. The molecule has 0 atom stereocenters. The Labute approximate surface area is 151 Å². The maximum Gasteiger partial charge on any atom is 0.266 e. The molecule has 0 fully saturated rings. The molecule has 24 heavy (non-hydrogen) atoms. The molecule has 120 valence electrons. The molecule has 1 heterocycles. The second-order valence-electron chi connectivity index (χ2n) is 4.97. The summed E-state index contributed by atoms with van der Waals surface area (Å²) >= 11 is 13.1. The predicted octanol–water partition coefficient (Wildman–Crippen LogP) is 3.24. The van der Waals surface area contributed by atoms with Gasteiger partial charge in [-0.15, -0.1) is 11.3 Å². The van der Waals surface area contributed by atoms with Crippen LogP contribution in [0.2, 0.25) is 10.0 Å². The minimum atomic E-state index is -0.254. The molecule has 0 aliphatic carbocycles. The predicted molar refractivity (Wildman–Crippen MR) is 99.5 cm³/mol. The number of rotatable bonds is 3. The molecule has 6 heteroatoms. The Hall–Kier alpha value is -2.14. The fourth-order valence-electron chi connectivity index (χ4n) is 2.09. The summed E-state index contributed by atoms with van der Waals surface area (Å²) in [5.74, 6) is -0.254. The number of Topliss-reactive ketones (excluding diaryl/α,β-unsaturated/α-hetero) is 1. The average molecular weight is 376 g/mol. The number of hydrogen-bond acceptors (Lipinski definition) is 3. The van der Waals surface area contributed by atoms with E-state index in [1.165, 1.54) is 17.4 Å². The molecule has 1 aromatic heterocycles. The maximum absolute atomic E-state index is 12.3. The van der Waals surface area contributed by atoms with Crippen LogP contribution < -0.4 is 14.8 Å². The molecular formula is C18H11Cl2NO2S. The summed E-state index contributed by atoms with van der Waals surface area (Å²) in [6.07, 6.45) is 3.13. The van der Waals surface area contributed by atoms with Crippen LogP contribution >= 0.6 is 34.5 Å². The van der Waals surface area contributed by atoms with E-state index in [1.807, 2.05) is 12.1 Å². The largest absolute Gasteiger partial charge is 0.313 e. The van der Waals surface area contributed by atoms with Gasteiger partial charge in [0.05, 0.1) is 14.2 Å². The Morgan fingerprint density at radius 3 is 2.46 bits per heavy atom. The van der Waals surface area contributed by atoms with E-state index in [9.17, 15) is 9.59 Å². The van der Waals surface area contributed by atoms with Crippen molar-refractivity contribution in [3.8, 4) is 0 Å². The molecule has 0 saturated heterocycles. The molecule has 0 spiro atoms. The SMILES string of the molecule is O=C(/C=c1/[nH]c(=O)/c(=C/c2ccc(Cl)cc2)s1)c1ccccc1Cl. The average Bonchev–Trinajstić information content (AvgIpc) is 2.89. The first-order valence-electron chi connectivity index (χ1n) is 7.00. The van der Waals surface area contributed by atoms with Gasteiger partial charge in [-0.2, -0.15) is 0 Å². The summed E-state index contributed by atoms with van der Waals surface area (Å²) in [6, 6.07) is 13.9. The molecule has 0 amide bonds. The summed E-state index contributed by atoms with van der Waals surface area (Å²) in [4.78, 5) is 27.0. The van der Waals surface area contributed by atoms with Crippen molar-refractivity contribution in [1.82, 2.24) is 4.98 Å². The van der Waals surface area contributed by atoms with Gasteiger partial charge in [0.15, 0.2) is 5.78 Å². The van der Waals surface area contributed by atoms with Gasteiger partial charge in [0, 0.05) is 16.7 Å². The molecule has 0 unspecified atom stereocenters. The van der Waals surface area contributed by atoms with Crippen molar-refractivity contribution >= 4 is 52.5 Å². The number of carbonyl (C=O) groups excluding carboxylic acids is 1. The fraction of sp³-hybridized carbons (Fsp3) is 0. The van der Waals surface area contributed by atoms with E-state index < -0.39 is 0 Å². The van der Waals surface area contributed by atoms with Gasteiger partial charge in [-0.3, -0.25) is 9.59 Å². The van der Waals surface area contributed by atoms with Gasteiger partial charge in [0.2, 0.25) is 0 Å². The molecule has 2 aromatic carbocycles. The molecule has 3 rings (SSSR count). The van der Waals surface area contributed by atoms with E-state index in [-0.39, 0.29) is 11.3 Å². The third-order valence-electron chi connectivity index (χ3n) is 3.25. The topological polar surface area (TPSA) is 49.9 Å². The van der Waals surface area contributed by atoms with Gasteiger partial charge >= 0.3 is 0 Å². The fourth-order valence-corrected chi connectivity index (χ4v) is 3.33. The molecular weight excluding hydrogens is 365 g/mol. The van der Waals surface area contributed by atoms with Crippen molar-refractivity contribution in [3.63, 3.8) is 0 Å². The normalized spacial score (nSPS) is 12.6. The molecule has 0 radical (unpaired) electrons. The first-order valence-corrected chi connectivity index (χ1v) is 8.57. The summed E-state index contributed by atoms with van der Waals surface area (Å²) in [5, 5.41) is 1.01. The van der Waals surface area contributed by atoms with Gasteiger partial charge in [-0.1, -0.05) is 47.5 Å². The Morgan fingerprint density at radius 2 is 1.75 bits per heavy atom. The third kappa shape index (κ3) is 3.85. The van der Waals surface area contributed by atoms with E-state index in [2.05, 4.69) is 4.98 Å². The lowest BCUT2D eigenvalue weighted by molar-refractivity contribution is 0.106. The summed E-state index contributed by atoms with van der Waals surface area (Å²) in [7, 11) is 0. The minimum absolute atomic E-state index is 0.242. The van der Waals surface area contributed by atoms with Crippen LogP contribution in [0.3, 0.4) is 0 Å². The summed E-state index contributed by atoms with van der Waals surface area (Å²) in [6.45, 7) is 0. The highest BCUT2D eigenvalue weighted by Gasteiger charge is 2.07. The highest BCUT2D eigenvalue weighted by Crippen LogP contribution is 2.15. The van der Waals surface area contributed by atoms with Crippen molar-refractivity contribution in [1.29, 1.82) is 0 Å². The third-order valence-corrected chi connectivity index (χ3v) is 4.79. The van der Waals surface area contributed by atoms with Gasteiger partial charge in [-0.05, 0) is 35.9 Å². The number of hydrogen-bond donors (Lipinski definition) is 1. The molecule has 3 aromatic rings. The lowest BCUT2D eigenvalue weighted by atomic mass is 10.1. The quantitative estimate of drug-likeness (QED) is 0.714. The molecule has 0 aliphatic rings. The number of carbonyl (C=O) groups is 1. The minimum Gasteiger partial charge on any atom is -0.313 e. The highest BCUT2D eigenvalue weighted by atomic mass is 35.5. The molecule has 0 aliphatic heterocycles. The van der Waals surface area contributed by atoms with Crippen LogP contribution in [0.5, 0.6) is 0 Å². The van der Waals surface area contributed by atoms with Crippen LogP contribution in [0.4, 0.5) is 0 Å². The standard InChI is InChI=1S/C18H11Cl2NO2S/c19-12-7-5-11(6-8-12)9-16-18(23)21-17(24-16)10-15(22)13-3-1-2-4-14(13)20/h1-10H,(H,21,23)/b16-9-,17-10-. The zero-order valence-corrected chi connectivity index (χ0v) is 14.6. The van der Waals surface area contributed by atoms with Gasteiger partial charge in [-0.25, -0.2) is 0 Å². The molecule has 0 bridgehead atoms. The number of ketones is 1. The zero-order chi connectivity index (χ0) is 17.1. The summed E-state index contributed by atoms with van der Waals surface area (Å²) < 4.78 is 0.987. The van der Waals surface area contributed by atoms with Crippen LogP contribution in [-0.4, -0.2) is 10.8 Å². The van der Waals surface area contributed by atoms with Crippen molar-refractivity contribution in [2.75, 3.05) is 0 Å². The van der Waals surface area contributed by atoms with Crippen molar-refractivity contribution in [2.45, 2.75) is 0 Å². The van der Waals surface area contributed by atoms with Crippen LogP contribution in [0.15, 0.2) is 53.3 Å². The van der Waals surface area contributed by atoms with Crippen molar-refractivity contribution in [2.24, 2.45) is 0 Å². The second-order valence-corrected chi connectivity index (χ2v) is 6.90. The molecule has 1 N–H and O–H groups in total. The Kier molecular flexibility index (Phi) is 5.00. The monoisotopic (exact) mass is 375 g/mol. The van der Waals surface area contributed by atoms with Crippen LogP contribution in [0.25, 0.3) is 12.2 Å². The second kappa shape index (κ2) is 7.18. The summed E-state index contributed by atoms with van der Waals surface area (Å²) in [5.41, 5.74) is 1.01. The van der Waals surface area contributed by atoms with E-state index in [0.29, 0.717) is 24.8 Å². The van der Waals surface area contributed by atoms with E-state index >= 15 is 0 Å². The zero-order valence-electron chi connectivity index (χ0n) is 12.3. The smallest absolute Gasteiger partial charge is 0.266 e. The number of nitrogens with one attached hydrogen (secondary N) is 1. The first-order chi connectivity index (χ1) is 11.5. The Bertz CT molecular complexity index is 1070. The highest BCUT2D eigenvalue weighted by molar-refractivity contribution is 7.07. The first kappa shape index (κ1) is 16.7. The van der Waals surface area contributed by atoms with E-state index in [0.717, 1.165) is 5.56 Å². The lowest BCUT2D eigenvalue weighted by Gasteiger charge is -1.97. The number of aromatic nitrogens is 1. The van der Waals surface area contributed by atoms with Crippen molar-refractivity contribution < 1.29 is 4.79 Å². The van der Waals surface area contributed by atoms with Gasteiger partial charge in [0.1, 0.15) is 0 Å². The van der Waals surface area contributed by atoms with Crippen molar-refractivity contribution in [3.05, 3.63) is 89.3 Å². The van der Waals surface area contributed by atoms with Gasteiger partial charge in [0.25, 0.3) is 5.56 Å². The van der Waals surface area contributed by atoms with Crippen LogP contribution in [0.1, 0.15) is 15.9 Å². The Morgan fingerprint density at radius 1 is 1.04 bits per heavy atom. The number of benzene rings is 2. The van der Waals surface area contributed by atoms with Gasteiger partial charge < -0.3 is 4.98 Å². The van der Waals surface area contributed by atoms with E-state index in [1.54, 1.807) is 42.5 Å².